The summed E-state index contributed by atoms with van der Waals surface area (Å²) in [6.45, 7) is 0. The minimum Gasteiger partial charge on any atom is -0.319 e. The van der Waals surface area contributed by atoms with Crippen LogP contribution in [-0.2, 0) is 6.18 Å². The van der Waals surface area contributed by atoms with Crippen LogP contribution in [0.4, 0.5) is 17.6 Å². The molecule has 19 heavy (non-hydrogen) atoms. The van der Waals surface area contributed by atoms with Crippen molar-refractivity contribution in [3.05, 3.63) is 59.4 Å². The molecule has 7 heteroatoms. The molecule has 0 spiro atoms. The molecule has 0 fully saturated rings. The number of rotatable bonds is 2. The zero-order valence-corrected chi connectivity index (χ0v) is 9.53. The summed E-state index contributed by atoms with van der Waals surface area (Å²) in [6, 6.07) is 0.986. The highest BCUT2D eigenvalue weighted by Crippen LogP contribution is 2.35. The monoisotopic (exact) mass is 271 g/mol. The number of aromatic nitrogens is 2. The molecular formula is C12H9F4N3. The average molecular weight is 271 g/mol. The first-order valence-corrected chi connectivity index (χ1v) is 5.27. The molecule has 1 atom stereocenters. The van der Waals surface area contributed by atoms with Crippen LogP contribution in [0.1, 0.15) is 22.9 Å². The lowest BCUT2D eigenvalue weighted by Crippen LogP contribution is -2.19. The molecule has 3 nitrogen and oxygen atoms in total. The second-order valence-electron chi connectivity index (χ2n) is 3.84. The number of alkyl halides is 3. The van der Waals surface area contributed by atoms with Crippen molar-refractivity contribution in [2.24, 2.45) is 5.73 Å². The molecule has 1 aromatic carbocycles. The van der Waals surface area contributed by atoms with E-state index < -0.39 is 23.6 Å². The Labute approximate surface area is 106 Å². The molecule has 0 saturated heterocycles. The first kappa shape index (κ1) is 13.4. The van der Waals surface area contributed by atoms with Crippen LogP contribution in [0.5, 0.6) is 0 Å². The Morgan fingerprint density at radius 1 is 1.16 bits per heavy atom. The van der Waals surface area contributed by atoms with Gasteiger partial charge in [0.1, 0.15) is 5.82 Å². The summed E-state index contributed by atoms with van der Waals surface area (Å²) in [7, 11) is 0. The maximum Gasteiger partial charge on any atom is 0.416 e. The first-order chi connectivity index (χ1) is 8.89. The summed E-state index contributed by atoms with van der Waals surface area (Å²) in [4.78, 5) is 7.56. The molecule has 2 rings (SSSR count). The maximum atomic E-state index is 13.2. The Kier molecular flexibility index (Phi) is 3.48. The number of halogens is 4. The quantitative estimate of drug-likeness (QED) is 0.854. The zero-order chi connectivity index (χ0) is 14.0. The van der Waals surface area contributed by atoms with Gasteiger partial charge in [-0.3, -0.25) is 9.97 Å². The van der Waals surface area contributed by atoms with Crippen molar-refractivity contribution >= 4 is 0 Å². The Morgan fingerprint density at radius 3 is 2.47 bits per heavy atom. The van der Waals surface area contributed by atoms with Crippen molar-refractivity contribution in [3.8, 4) is 0 Å². The molecule has 100 valence electrons. The van der Waals surface area contributed by atoms with E-state index in [1.807, 2.05) is 0 Å². The van der Waals surface area contributed by atoms with Crippen molar-refractivity contribution < 1.29 is 17.6 Å². The van der Waals surface area contributed by atoms with Gasteiger partial charge in [0.05, 0.1) is 23.5 Å². The van der Waals surface area contributed by atoms with E-state index in [-0.39, 0.29) is 11.3 Å². The van der Waals surface area contributed by atoms with Crippen molar-refractivity contribution in [2.75, 3.05) is 0 Å². The van der Waals surface area contributed by atoms with Crippen LogP contribution in [0.3, 0.4) is 0 Å². The lowest BCUT2D eigenvalue weighted by molar-refractivity contribution is -0.138. The maximum absolute atomic E-state index is 13.2. The predicted molar refractivity (Wildman–Crippen MR) is 59.5 cm³/mol. The van der Waals surface area contributed by atoms with E-state index in [0.29, 0.717) is 6.07 Å². The molecule has 0 bridgehead atoms. The van der Waals surface area contributed by atoms with Gasteiger partial charge in [-0.2, -0.15) is 13.2 Å². The molecule has 1 unspecified atom stereocenters. The fraction of sp³-hybridized carbons (Fsp3) is 0.167. The summed E-state index contributed by atoms with van der Waals surface area (Å²) in [5.41, 5.74) is 4.50. The second-order valence-corrected chi connectivity index (χ2v) is 3.84. The fourth-order valence-corrected chi connectivity index (χ4v) is 1.68. The van der Waals surface area contributed by atoms with Crippen LogP contribution in [0.2, 0.25) is 0 Å². The molecule has 0 aliphatic heterocycles. The van der Waals surface area contributed by atoms with Crippen molar-refractivity contribution in [1.29, 1.82) is 0 Å². The van der Waals surface area contributed by atoms with E-state index in [0.717, 1.165) is 12.1 Å². The van der Waals surface area contributed by atoms with E-state index >= 15 is 0 Å². The Balaban J connectivity index is 2.52. The lowest BCUT2D eigenvalue weighted by Gasteiger charge is -2.17. The summed E-state index contributed by atoms with van der Waals surface area (Å²) >= 11 is 0. The minimum absolute atomic E-state index is 0.138. The standard InChI is InChI=1S/C12H9F4N3/c13-7-1-2-9(12(14,15)16)8(5-7)11(17)10-6-18-3-4-19-10/h1-6,11H,17H2. The van der Waals surface area contributed by atoms with Gasteiger partial charge in [-0.05, 0) is 23.8 Å². The molecule has 0 aliphatic rings. The molecule has 0 amide bonds. The average Bonchev–Trinajstić information content (AvgIpc) is 2.37. The normalized spacial score (nSPS) is 13.3. The van der Waals surface area contributed by atoms with Gasteiger partial charge in [-0.15, -0.1) is 0 Å². The second kappa shape index (κ2) is 4.93. The molecule has 2 aromatic rings. The summed E-state index contributed by atoms with van der Waals surface area (Å²) < 4.78 is 51.7. The van der Waals surface area contributed by atoms with E-state index in [1.54, 1.807) is 0 Å². The van der Waals surface area contributed by atoms with Crippen molar-refractivity contribution in [2.45, 2.75) is 12.2 Å². The predicted octanol–water partition coefficient (Wildman–Crippen LogP) is 2.68. The third kappa shape index (κ3) is 2.87. The van der Waals surface area contributed by atoms with Gasteiger partial charge in [-0.25, -0.2) is 4.39 Å². The van der Waals surface area contributed by atoms with Crippen LogP contribution >= 0.6 is 0 Å². The number of hydrogen-bond donors (Lipinski definition) is 1. The van der Waals surface area contributed by atoms with E-state index in [4.69, 9.17) is 5.73 Å². The van der Waals surface area contributed by atoms with Gasteiger partial charge in [0.15, 0.2) is 0 Å². The van der Waals surface area contributed by atoms with Crippen LogP contribution < -0.4 is 5.73 Å². The number of nitrogens with two attached hydrogens (primary N) is 1. The van der Waals surface area contributed by atoms with Crippen LogP contribution in [0.25, 0.3) is 0 Å². The zero-order valence-electron chi connectivity index (χ0n) is 9.53. The third-order valence-electron chi connectivity index (χ3n) is 2.56. The third-order valence-corrected chi connectivity index (χ3v) is 2.56. The van der Waals surface area contributed by atoms with E-state index in [9.17, 15) is 17.6 Å². The summed E-state index contributed by atoms with van der Waals surface area (Å²) in [6.07, 6.45) is -0.688. The largest absolute Gasteiger partial charge is 0.416 e. The van der Waals surface area contributed by atoms with Gasteiger partial charge in [0, 0.05) is 12.4 Å². The molecule has 0 saturated carbocycles. The van der Waals surface area contributed by atoms with Crippen LogP contribution in [0.15, 0.2) is 36.8 Å². The van der Waals surface area contributed by atoms with Gasteiger partial charge >= 0.3 is 6.18 Å². The Hall–Kier alpha value is -2.02. The lowest BCUT2D eigenvalue weighted by atomic mass is 9.98. The van der Waals surface area contributed by atoms with Gasteiger partial charge < -0.3 is 5.73 Å². The highest BCUT2D eigenvalue weighted by atomic mass is 19.4. The molecule has 0 aliphatic carbocycles. The number of nitrogens with zero attached hydrogens (tertiary/aromatic N) is 2. The summed E-state index contributed by atoms with van der Waals surface area (Å²) in [5, 5.41) is 0. The van der Waals surface area contributed by atoms with Gasteiger partial charge in [0.25, 0.3) is 0 Å². The molecule has 1 heterocycles. The van der Waals surface area contributed by atoms with Crippen LogP contribution in [-0.4, -0.2) is 9.97 Å². The number of benzene rings is 1. The van der Waals surface area contributed by atoms with E-state index in [2.05, 4.69) is 9.97 Å². The highest BCUT2D eigenvalue weighted by Gasteiger charge is 2.35. The SMILES string of the molecule is NC(c1cnccn1)c1cc(F)ccc1C(F)(F)F. The van der Waals surface area contributed by atoms with Crippen LogP contribution in [0, 0.1) is 5.82 Å². The number of hydrogen-bond acceptors (Lipinski definition) is 3. The van der Waals surface area contributed by atoms with Gasteiger partial charge in [-0.1, -0.05) is 0 Å². The van der Waals surface area contributed by atoms with Gasteiger partial charge in [0.2, 0.25) is 0 Å². The van der Waals surface area contributed by atoms with E-state index in [1.165, 1.54) is 18.6 Å². The highest BCUT2D eigenvalue weighted by molar-refractivity contribution is 5.36. The first-order valence-electron chi connectivity index (χ1n) is 5.27. The topological polar surface area (TPSA) is 51.8 Å². The summed E-state index contributed by atoms with van der Waals surface area (Å²) in [5.74, 6) is -0.789. The minimum atomic E-state index is -4.61. The molecular weight excluding hydrogens is 262 g/mol. The molecule has 0 radical (unpaired) electrons. The molecule has 2 N–H and O–H groups in total. The fourth-order valence-electron chi connectivity index (χ4n) is 1.68. The van der Waals surface area contributed by atoms with Crippen molar-refractivity contribution in [1.82, 2.24) is 9.97 Å². The van der Waals surface area contributed by atoms with Crippen molar-refractivity contribution in [3.63, 3.8) is 0 Å². The molecule has 1 aromatic heterocycles. The smallest absolute Gasteiger partial charge is 0.319 e. The Bertz CT molecular complexity index is 569. The Morgan fingerprint density at radius 2 is 1.89 bits per heavy atom.